The van der Waals surface area contributed by atoms with E-state index in [4.69, 9.17) is 4.74 Å². The zero-order chi connectivity index (χ0) is 23.2. The number of benzene rings is 2. The van der Waals surface area contributed by atoms with Gasteiger partial charge < -0.3 is 4.74 Å². The highest BCUT2D eigenvalue weighted by atomic mass is 32.1. The third kappa shape index (κ3) is 3.22. The number of aryl methyl sites for hydroxylation is 2. The molecule has 2 nitrogen and oxygen atoms in total. The Morgan fingerprint density at radius 2 is 1.78 bits per heavy atom. The van der Waals surface area contributed by atoms with Crippen molar-refractivity contribution in [3.63, 3.8) is 0 Å². The molecular weight excluding hydrogens is 426 g/mol. The average molecular weight is 461 g/mol. The zero-order valence-electron chi connectivity index (χ0n) is 20.9. The number of rotatable bonds is 2. The van der Waals surface area contributed by atoms with E-state index in [1.165, 1.54) is 54.1 Å². The van der Waals surface area contributed by atoms with Crippen molar-refractivity contribution in [3.05, 3.63) is 46.3 Å². The Morgan fingerprint density at radius 3 is 2.44 bits per heavy atom. The van der Waals surface area contributed by atoms with Crippen molar-refractivity contribution in [2.75, 3.05) is 0 Å². The molecule has 0 fully saturated rings. The predicted molar refractivity (Wildman–Crippen MR) is 142 cm³/mol. The molecule has 3 heterocycles. The second-order valence-electron chi connectivity index (χ2n) is 11.7. The minimum atomic E-state index is -1.68. The fraction of sp³-hybridized carbons (Fsp3) is 0.393. The molecule has 0 aliphatic carbocycles. The highest BCUT2D eigenvalue weighted by molar-refractivity contribution is 7.19. The Hall–Kier alpha value is -2.17. The van der Waals surface area contributed by atoms with Gasteiger partial charge in [-0.05, 0) is 59.2 Å². The Kier molecular flexibility index (Phi) is 4.68. The molecule has 166 valence electrons. The minimum Gasteiger partial charge on any atom is -0.450 e. The maximum absolute atomic E-state index is 6.94. The van der Waals surface area contributed by atoms with Crippen molar-refractivity contribution in [2.45, 2.75) is 60.7 Å². The van der Waals surface area contributed by atoms with Crippen LogP contribution in [0.3, 0.4) is 0 Å². The number of ether oxygens (including phenoxy) is 1. The SMILES string of the molecule is Cc1cc2cc(CC(C)(C)C)cc3c2c(c1C)-c1c(c([Si](C)(C)C)c2sccc2[n+]1C)O3. The van der Waals surface area contributed by atoms with Crippen molar-refractivity contribution >= 4 is 45.6 Å². The highest BCUT2D eigenvalue weighted by Crippen LogP contribution is 2.49. The summed E-state index contributed by atoms with van der Waals surface area (Å²) >= 11 is 1.85. The molecule has 0 saturated heterocycles. The van der Waals surface area contributed by atoms with Crippen LogP contribution in [0.1, 0.15) is 37.5 Å². The van der Waals surface area contributed by atoms with Gasteiger partial charge in [0.2, 0.25) is 5.52 Å². The molecule has 2 aromatic heterocycles. The number of hydrogen-bond donors (Lipinski definition) is 0. The lowest BCUT2D eigenvalue weighted by Gasteiger charge is -2.28. The summed E-state index contributed by atoms with van der Waals surface area (Å²) in [6.07, 6.45) is 1.03. The summed E-state index contributed by atoms with van der Waals surface area (Å²) < 4.78 is 10.7. The van der Waals surface area contributed by atoms with Gasteiger partial charge in [-0.2, -0.15) is 4.57 Å². The second-order valence-corrected chi connectivity index (χ2v) is 17.6. The molecule has 1 aliphatic heterocycles. The Morgan fingerprint density at radius 1 is 1.06 bits per heavy atom. The molecule has 4 aromatic rings. The largest absolute Gasteiger partial charge is 0.450 e. The second kappa shape index (κ2) is 6.91. The monoisotopic (exact) mass is 460 g/mol. The topological polar surface area (TPSA) is 13.1 Å². The average Bonchev–Trinajstić information content (AvgIpc) is 3.12. The normalized spacial score (nSPS) is 13.5. The number of fused-ring (bicyclic) bond motifs is 3. The van der Waals surface area contributed by atoms with Crippen molar-refractivity contribution in [3.8, 4) is 22.8 Å². The molecule has 0 saturated carbocycles. The van der Waals surface area contributed by atoms with Gasteiger partial charge in [-0.1, -0.05) is 52.5 Å². The maximum atomic E-state index is 6.94. The van der Waals surface area contributed by atoms with Crippen LogP contribution < -0.4 is 14.5 Å². The van der Waals surface area contributed by atoms with E-state index < -0.39 is 8.07 Å². The first-order valence-corrected chi connectivity index (χ1v) is 15.9. The van der Waals surface area contributed by atoms with E-state index in [0.29, 0.717) is 0 Å². The van der Waals surface area contributed by atoms with E-state index in [-0.39, 0.29) is 5.41 Å². The standard InChI is InChI=1S/C28H34NOSSi/c1-16-12-19-13-18(15-28(3,4)5)14-21-23(19)22(17(16)2)24-25(30-21)27(32(7,8)9)26-20(29(24)6)10-11-31-26/h10-14H,15H2,1-9H3/q+1. The van der Waals surface area contributed by atoms with Crippen LogP contribution in [0.15, 0.2) is 29.6 Å². The summed E-state index contributed by atoms with van der Waals surface area (Å²) in [4.78, 5) is 0. The van der Waals surface area contributed by atoms with E-state index >= 15 is 0 Å². The number of nitrogens with zero attached hydrogens (tertiary/aromatic N) is 1. The van der Waals surface area contributed by atoms with E-state index in [1.54, 1.807) is 0 Å². The summed E-state index contributed by atoms with van der Waals surface area (Å²) in [6, 6.07) is 9.31. The number of aromatic nitrogens is 1. The lowest BCUT2D eigenvalue weighted by atomic mass is 9.85. The van der Waals surface area contributed by atoms with Gasteiger partial charge in [0, 0.05) is 16.6 Å². The van der Waals surface area contributed by atoms with E-state index in [1.807, 2.05) is 11.3 Å². The molecule has 0 bridgehead atoms. The van der Waals surface area contributed by atoms with Crippen molar-refractivity contribution in [2.24, 2.45) is 12.5 Å². The van der Waals surface area contributed by atoms with Gasteiger partial charge in [0.25, 0.3) is 5.69 Å². The van der Waals surface area contributed by atoms with Crippen molar-refractivity contribution < 1.29 is 9.30 Å². The van der Waals surface area contributed by atoms with Crippen LogP contribution in [-0.4, -0.2) is 8.07 Å². The summed E-state index contributed by atoms with van der Waals surface area (Å²) in [5.74, 6) is 2.12. The first-order chi connectivity index (χ1) is 14.9. The third-order valence-electron chi connectivity index (χ3n) is 6.72. The van der Waals surface area contributed by atoms with Gasteiger partial charge >= 0.3 is 0 Å². The quantitative estimate of drug-likeness (QED) is 0.197. The van der Waals surface area contributed by atoms with Crippen LogP contribution in [0.2, 0.25) is 19.6 Å². The molecule has 2 aromatic carbocycles. The summed E-state index contributed by atoms with van der Waals surface area (Å²) in [7, 11) is 0.527. The lowest BCUT2D eigenvalue weighted by Crippen LogP contribution is -2.44. The first kappa shape index (κ1) is 21.7. The van der Waals surface area contributed by atoms with Crippen molar-refractivity contribution in [1.29, 1.82) is 0 Å². The Bertz CT molecular complexity index is 1420. The first-order valence-electron chi connectivity index (χ1n) is 11.6. The molecule has 1 aliphatic rings. The van der Waals surface area contributed by atoms with Crippen LogP contribution >= 0.6 is 11.3 Å². The van der Waals surface area contributed by atoms with Gasteiger partial charge in [-0.3, -0.25) is 0 Å². The minimum absolute atomic E-state index is 0.231. The molecule has 0 atom stereocenters. The number of pyridine rings is 1. The molecule has 0 amide bonds. The van der Waals surface area contributed by atoms with Gasteiger partial charge in [0.1, 0.15) is 17.5 Å². The van der Waals surface area contributed by atoms with Crippen LogP contribution in [0.5, 0.6) is 11.5 Å². The van der Waals surface area contributed by atoms with Crippen LogP contribution in [0.25, 0.3) is 32.2 Å². The Balaban J connectivity index is 1.95. The molecular formula is C28H34NOSSi+. The molecule has 32 heavy (non-hydrogen) atoms. The summed E-state index contributed by atoms with van der Waals surface area (Å²) in [5.41, 5.74) is 8.21. The van der Waals surface area contributed by atoms with Crippen LogP contribution in [0, 0.1) is 19.3 Å². The van der Waals surface area contributed by atoms with Crippen LogP contribution in [0.4, 0.5) is 0 Å². The summed E-state index contributed by atoms with van der Waals surface area (Å²) in [5, 5.41) is 6.25. The Labute approximate surface area is 196 Å². The van der Waals surface area contributed by atoms with Gasteiger partial charge in [0.05, 0.1) is 13.6 Å². The molecule has 0 unspecified atom stereocenters. The fourth-order valence-electron chi connectivity index (χ4n) is 5.31. The van der Waals surface area contributed by atoms with E-state index in [2.05, 4.69) is 95.5 Å². The van der Waals surface area contributed by atoms with Gasteiger partial charge in [0.15, 0.2) is 5.75 Å². The zero-order valence-corrected chi connectivity index (χ0v) is 22.7. The van der Waals surface area contributed by atoms with E-state index in [0.717, 1.165) is 17.9 Å². The highest BCUT2D eigenvalue weighted by Gasteiger charge is 2.39. The van der Waals surface area contributed by atoms with Gasteiger partial charge in [-0.25, -0.2) is 0 Å². The smallest absolute Gasteiger partial charge is 0.256 e. The molecule has 0 spiro atoms. The van der Waals surface area contributed by atoms with E-state index in [9.17, 15) is 0 Å². The molecule has 5 rings (SSSR count). The molecule has 0 N–H and O–H groups in total. The fourth-order valence-corrected chi connectivity index (χ4v) is 8.94. The predicted octanol–water partition coefficient (Wildman–Crippen LogP) is 7.40. The molecule has 4 heteroatoms. The van der Waals surface area contributed by atoms with Crippen LogP contribution in [-0.2, 0) is 13.5 Å². The van der Waals surface area contributed by atoms with Crippen molar-refractivity contribution in [1.82, 2.24) is 0 Å². The van der Waals surface area contributed by atoms with Gasteiger partial charge in [-0.15, -0.1) is 11.3 Å². The molecule has 0 radical (unpaired) electrons. The number of thiophene rings is 1. The third-order valence-corrected chi connectivity index (χ3v) is 9.80. The maximum Gasteiger partial charge on any atom is 0.256 e. The lowest BCUT2D eigenvalue weighted by molar-refractivity contribution is -0.633. The number of hydrogen-bond acceptors (Lipinski definition) is 2. The summed E-state index contributed by atoms with van der Waals surface area (Å²) in [6.45, 7) is 18.8.